The fraction of sp³-hybridized carbons (Fsp3) is 0.400. The van der Waals surface area contributed by atoms with Gasteiger partial charge in [0, 0.05) is 17.9 Å². The van der Waals surface area contributed by atoms with Crippen LogP contribution in [0, 0.1) is 0 Å². The zero-order valence-electron chi connectivity index (χ0n) is 12.1. The van der Waals surface area contributed by atoms with Crippen LogP contribution in [-0.2, 0) is 6.54 Å². The summed E-state index contributed by atoms with van der Waals surface area (Å²) in [6.07, 6.45) is 3.09. The molecule has 0 saturated heterocycles. The molecule has 4 nitrogen and oxygen atoms in total. The van der Waals surface area contributed by atoms with Crippen LogP contribution in [-0.4, -0.2) is 16.9 Å². The first-order valence-corrected chi connectivity index (χ1v) is 7.13. The molecule has 1 unspecified atom stereocenters. The highest BCUT2D eigenvalue weighted by molar-refractivity contribution is 6.32. The Labute approximate surface area is 124 Å². The Kier molecular flexibility index (Phi) is 4.90. The Balaban J connectivity index is 1.98. The number of aromatic nitrogens is 2. The Hall–Kier alpha value is -1.68. The third-order valence-corrected chi connectivity index (χ3v) is 3.63. The van der Waals surface area contributed by atoms with Gasteiger partial charge < -0.3 is 10.1 Å². The van der Waals surface area contributed by atoms with Crippen molar-refractivity contribution in [2.75, 3.05) is 12.4 Å². The normalized spacial score (nSPS) is 12.2. The van der Waals surface area contributed by atoms with E-state index in [9.17, 15) is 0 Å². The van der Waals surface area contributed by atoms with Crippen LogP contribution in [0.3, 0.4) is 0 Å². The summed E-state index contributed by atoms with van der Waals surface area (Å²) in [4.78, 5) is 0. The summed E-state index contributed by atoms with van der Waals surface area (Å²) in [5.41, 5.74) is 1.96. The van der Waals surface area contributed by atoms with Gasteiger partial charge in [0.05, 0.1) is 24.4 Å². The molecule has 1 heterocycles. The number of benzene rings is 1. The van der Waals surface area contributed by atoms with E-state index in [2.05, 4.69) is 24.3 Å². The SMILES string of the molecule is CCC(C)n1ccc(CNc2ccc(OC)c(Cl)c2)n1. The van der Waals surface area contributed by atoms with Crippen LogP contribution in [0.15, 0.2) is 30.5 Å². The van der Waals surface area contributed by atoms with Crippen molar-refractivity contribution in [2.45, 2.75) is 32.9 Å². The summed E-state index contributed by atoms with van der Waals surface area (Å²) >= 11 is 6.09. The van der Waals surface area contributed by atoms with Crippen molar-refractivity contribution in [2.24, 2.45) is 0 Å². The third-order valence-electron chi connectivity index (χ3n) is 3.33. The van der Waals surface area contributed by atoms with Gasteiger partial charge in [0.2, 0.25) is 0 Å². The molecule has 0 bridgehead atoms. The van der Waals surface area contributed by atoms with Crippen molar-refractivity contribution >= 4 is 17.3 Å². The topological polar surface area (TPSA) is 39.1 Å². The van der Waals surface area contributed by atoms with E-state index in [1.165, 1.54) is 0 Å². The molecular formula is C15H20ClN3O. The summed E-state index contributed by atoms with van der Waals surface area (Å²) in [7, 11) is 1.61. The second-order valence-electron chi connectivity index (χ2n) is 4.75. The molecule has 0 fully saturated rings. The number of halogens is 1. The van der Waals surface area contributed by atoms with Crippen LogP contribution in [0.25, 0.3) is 0 Å². The van der Waals surface area contributed by atoms with E-state index >= 15 is 0 Å². The molecule has 0 aliphatic carbocycles. The van der Waals surface area contributed by atoms with Crippen LogP contribution in [0.5, 0.6) is 5.75 Å². The first-order valence-electron chi connectivity index (χ1n) is 6.75. The number of nitrogens with one attached hydrogen (secondary N) is 1. The summed E-state index contributed by atoms with van der Waals surface area (Å²) in [5, 5.41) is 8.46. The number of ether oxygens (including phenoxy) is 1. The molecule has 1 atom stereocenters. The van der Waals surface area contributed by atoms with E-state index in [0.717, 1.165) is 17.8 Å². The summed E-state index contributed by atoms with van der Waals surface area (Å²) < 4.78 is 7.13. The Morgan fingerprint density at radius 1 is 1.40 bits per heavy atom. The molecular weight excluding hydrogens is 274 g/mol. The zero-order valence-corrected chi connectivity index (χ0v) is 12.8. The fourth-order valence-corrected chi connectivity index (χ4v) is 2.13. The van der Waals surface area contributed by atoms with Gasteiger partial charge in [-0.2, -0.15) is 5.10 Å². The monoisotopic (exact) mass is 293 g/mol. The Morgan fingerprint density at radius 3 is 2.85 bits per heavy atom. The maximum absolute atomic E-state index is 6.09. The lowest BCUT2D eigenvalue weighted by molar-refractivity contribution is 0.415. The predicted octanol–water partition coefficient (Wildman–Crippen LogP) is 4.13. The standard InChI is InChI=1S/C15H20ClN3O/c1-4-11(2)19-8-7-13(18-19)10-17-12-5-6-15(20-3)14(16)9-12/h5-9,11,17H,4,10H2,1-3H3. The van der Waals surface area contributed by atoms with E-state index in [1.807, 2.05) is 35.1 Å². The lowest BCUT2D eigenvalue weighted by Crippen LogP contribution is -2.06. The molecule has 0 aliphatic rings. The van der Waals surface area contributed by atoms with E-state index in [0.29, 0.717) is 23.4 Å². The van der Waals surface area contributed by atoms with Crippen molar-refractivity contribution in [1.82, 2.24) is 9.78 Å². The number of anilines is 1. The molecule has 2 aromatic rings. The quantitative estimate of drug-likeness (QED) is 0.870. The maximum atomic E-state index is 6.09. The lowest BCUT2D eigenvalue weighted by atomic mass is 10.3. The van der Waals surface area contributed by atoms with Crippen LogP contribution in [0.2, 0.25) is 5.02 Å². The van der Waals surface area contributed by atoms with Gasteiger partial charge in [0.1, 0.15) is 5.75 Å². The van der Waals surface area contributed by atoms with Gasteiger partial charge in [-0.25, -0.2) is 0 Å². The molecule has 20 heavy (non-hydrogen) atoms. The molecule has 0 amide bonds. The van der Waals surface area contributed by atoms with Crippen molar-refractivity contribution in [3.05, 3.63) is 41.2 Å². The average molecular weight is 294 g/mol. The van der Waals surface area contributed by atoms with Gasteiger partial charge in [-0.15, -0.1) is 0 Å². The summed E-state index contributed by atoms with van der Waals surface area (Å²) in [6, 6.07) is 8.11. The lowest BCUT2D eigenvalue weighted by Gasteiger charge is -2.09. The zero-order chi connectivity index (χ0) is 14.5. The number of hydrogen-bond acceptors (Lipinski definition) is 3. The van der Waals surface area contributed by atoms with E-state index < -0.39 is 0 Å². The predicted molar refractivity (Wildman–Crippen MR) is 82.6 cm³/mol. The molecule has 0 radical (unpaired) electrons. The average Bonchev–Trinajstić information content (AvgIpc) is 2.93. The van der Waals surface area contributed by atoms with Crippen LogP contribution in [0.1, 0.15) is 32.0 Å². The molecule has 0 saturated carbocycles. The number of rotatable bonds is 6. The van der Waals surface area contributed by atoms with Gasteiger partial charge in [0.15, 0.2) is 0 Å². The fourth-order valence-electron chi connectivity index (χ4n) is 1.87. The maximum Gasteiger partial charge on any atom is 0.137 e. The minimum atomic E-state index is 0.430. The highest BCUT2D eigenvalue weighted by Crippen LogP contribution is 2.27. The molecule has 108 valence electrons. The first-order chi connectivity index (χ1) is 9.63. The van der Waals surface area contributed by atoms with Crippen molar-refractivity contribution in [3.63, 3.8) is 0 Å². The molecule has 1 aromatic carbocycles. The summed E-state index contributed by atoms with van der Waals surface area (Å²) in [6.45, 7) is 4.99. The van der Waals surface area contributed by atoms with Gasteiger partial charge in [-0.3, -0.25) is 4.68 Å². The highest BCUT2D eigenvalue weighted by Gasteiger charge is 2.05. The molecule has 2 rings (SSSR count). The van der Waals surface area contributed by atoms with Crippen LogP contribution in [0.4, 0.5) is 5.69 Å². The van der Waals surface area contributed by atoms with E-state index in [1.54, 1.807) is 7.11 Å². The second-order valence-corrected chi connectivity index (χ2v) is 5.15. The van der Waals surface area contributed by atoms with Gasteiger partial charge in [-0.05, 0) is 37.6 Å². The first kappa shape index (κ1) is 14.7. The number of nitrogens with zero attached hydrogens (tertiary/aromatic N) is 2. The number of hydrogen-bond donors (Lipinski definition) is 1. The summed E-state index contributed by atoms with van der Waals surface area (Å²) in [5.74, 6) is 0.679. The molecule has 0 aliphatic heterocycles. The smallest absolute Gasteiger partial charge is 0.137 e. The van der Waals surface area contributed by atoms with Crippen molar-refractivity contribution in [1.29, 1.82) is 0 Å². The Bertz CT molecular complexity index is 568. The Morgan fingerprint density at radius 2 is 2.20 bits per heavy atom. The minimum Gasteiger partial charge on any atom is -0.495 e. The number of methoxy groups -OCH3 is 1. The highest BCUT2D eigenvalue weighted by atomic mass is 35.5. The van der Waals surface area contributed by atoms with E-state index in [4.69, 9.17) is 16.3 Å². The van der Waals surface area contributed by atoms with Crippen LogP contribution < -0.4 is 10.1 Å². The second kappa shape index (κ2) is 6.66. The van der Waals surface area contributed by atoms with Gasteiger partial charge in [0.25, 0.3) is 0 Å². The van der Waals surface area contributed by atoms with Crippen molar-refractivity contribution in [3.8, 4) is 5.75 Å². The molecule has 5 heteroatoms. The van der Waals surface area contributed by atoms with Crippen molar-refractivity contribution < 1.29 is 4.74 Å². The van der Waals surface area contributed by atoms with Gasteiger partial charge >= 0.3 is 0 Å². The van der Waals surface area contributed by atoms with Crippen LogP contribution >= 0.6 is 11.6 Å². The molecule has 1 aromatic heterocycles. The minimum absolute atomic E-state index is 0.430. The molecule has 1 N–H and O–H groups in total. The largest absolute Gasteiger partial charge is 0.495 e. The molecule has 0 spiro atoms. The van der Waals surface area contributed by atoms with E-state index in [-0.39, 0.29) is 0 Å². The van der Waals surface area contributed by atoms with Gasteiger partial charge in [-0.1, -0.05) is 18.5 Å². The third kappa shape index (κ3) is 3.45.